The maximum absolute atomic E-state index is 14.7. The number of aromatic nitrogens is 2. The molecule has 0 radical (unpaired) electrons. The highest BCUT2D eigenvalue weighted by atomic mass is 16.6. The number of nitrogens with two attached hydrogens (primary N) is 1. The summed E-state index contributed by atoms with van der Waals surface area (Å²) in [5.74, 6) is 2.62. The number of hydrogen-bond donors (Lipinski definition) is 5. The van der Waals surface area contributed by atoms with Crippen LogP contribution in [0.25, 0.3) is 11.0 Å². The molecular weight excluding hydrogens is 911 g/mol. The second kappa shape index (κ2) is 22.3. The summed E-state index contributed by atoms with van der Waals surface area (Å²) in [5, 5.41) is 10.8. The van der Waals surface area contributed by atoms with Gasteiger partial charge < -0.3 is 36.2 Å². The summed E-state index contributed by atoms with van der Waals surface area (Å²) in [6.45, 7) is 5.06. The third-order valence-electron chi connectivity index (χ3n) is 12.9. The minimum Gasteiger partial charge on any atom is -0.444 e. The predicted molar refractivity (Wildman–Crippen MR) is 261 cm³/mol. The van der Waals surface area contributed by atoms with Crippen molar-refractivity contribution in [1.29, 1.82) is 0 Å². The van der Waals surface area contributed by atoms with E-state index in [1.165, 1.54) is 14.0 Å². The second-order valence-corrected chi connectivity index (χ2v) is 19.2. The fraction of sp³-hybridized carbons (Fsp3) is 0.442. The van der Waals surface area contributed by atoms with Crippen LogP contribution in [0.2, 0.25) is 0 Å². The molecule has 3 aliphatic heterocycles. The fourth-order valence-corrected chi connectivity index (χ4v) is 9.45. The van der Waals surface area contributed by atoms with Crippen molar-refractivity contribution >= 4 is 58.5 Å². The average Bonchev–Trinajstić information content (AvgIpc) is 3.86. The summed E-state index contributed by atoms with van der Waals surface area (Å²) in [6.07, 6.45) is 0.983. The number of hydrogen-bond acceptors (Lipinski definition) is 10. The first-order valence-electron chi connectivity index (χ1n) is 24.0. The number of fused-ring (bicyclic) bond motifs is 2. The van der Waals surface area contributed by atoms with E-state index in [1.54, 1.807) is 50.9 Å². The van der Waals surface area contributed by atoms with E-state index in [0.717, 1.165) is 11.1 Å². The molecule has 374 valence electrons. The van der Waals surface area contributed by atoms with Crippen LogP contribution in [0.15, 0.2) is 83.7 Å². The Morgan fingerprint density at radius 1 is 0.859 bits per heavy atom. The van der Waals surface area contributed by atoms with Gasteiger partial charge in [0, 0.05) is 50.9 Å². The zero-order valence-electron chi connectivity index (χ0n) is 40.4. The van der Waals surface area contributed by atoms with Crippen LogP contribution in [0.1, 0.15) is 114 Å². The highest BCUT2D eigenvalue weighted by Gasteiger charge is 2.46. The summed E-state index contributed by atoms with van der Waals surface area (Å²) in [4.78, 5) is 123. The first kappa shape index (κ1) is 51.1. The average molecular weight is 972 g/mol. The third-order valence-corrected chi connectivity index (χ3v) is 12.9. The fourth-order valence-electron chi connectivity index (χ4n) is 9.45. The molecule has 0 saturated carbocycles. The van der Waals surface area contributed by atoms with Crippen molar-refractivity contribution in [3.8, 4) is 11.8 Å². The minimum atomic E-state index is -1.29. The predicted octanol–water partition coefficient (Wildman–Crippen LogP) is 2.98. The Labute approximate surface area is 411 Å². The largest absolute Gasteiger partial charge is 0.444 e. The Bertz CT molecular complexity index is 2770. The van der Waals surface area contributed by atoms with E-state index in [1.807, 2.05) is 60.7 Å². The number of ether oxygens (including phenoxy) is 1. The van der Waals surface area contributed by atoms with Crippen molar-refractivity contribution < 1.29 is 43.1 Å². The molecule has 3 saturated heterocycles. The maximum atomic E-state index is 14.7. The first-order valence-corrected chi connectivity index (χ1v) is 24.0. The number of carbonyl (C=O) groups is 8. The van der Waals surface area contributed by atoms with Crippen molar-refractivity contribution in [3.05, 3.63) is 106 Å². The molecule has 1 unspecified atom stereocenters. The molecule has 3 fully saturated rings. The normalized spacial score (nSPS) is 19.6. The number of aryl methyl sites for hydroxylation is 1. The highest BCUT2D eigenvalue weighted by Crippen LogP contribution is 2.31. The van der Waals surface area contributed by atoms with Gasteiger partial charge in [0.1, 0.15) is 29.8 Å². The summed E-state index contributed by atoms with van der Waals surface area (Å²) in [5.41, 5.74) is 7.53. The van der Waals surface area contributed by atoms with Crippen LogP contribution in [-0.2, 0) is 45.3 Å². The third kappa shape index (κ3) is 12.5. The van der Waals surface area contributed by atoms with E-state index >= 15 is 0 Å². The lowest BCUT2D eigenvalue weighted by Gasteiger charge is -2.39. The molecule has 8 amide bonds. The number of piperidine rings is 1. The number of nitrogens with zero attached hydrogens (tertiary/aromatic N) is 4. The van der Waals surface area contributed by atoms with E-state index in [-0.39, 0.29) is 69.1 Å². The quantitative estimate of drug-likeness (QED) is 0.0702. The van der Waals surface area contributed by atoms with Gasteiger partial charge in [-0.1, -0.05) is 72.5 Å². The van der Waals surface area contributed by atoms with Crippen molar-refractivity contribution in [1.82, 2.24) is 40.2 Å². The van der Waals surface area contributed by atoms with Gasteiger partial charge in [-0.3, -0.25) is 48.0 Å². The molecule has 4 aromatic rings. The number of nitrogens with one attached hydrogen (secondary N) is 4. The first-order chi connectivity index (χ1) is 33.9. The monoisotopic (exact) mass is 971 g/mol. The number of alkyl carbamates (subject to hydrolysis) is 1. The number of imide groups is 1. The molecule has 3 aromatic carbocycles. The van der Waals surface area contributed by atoms with Gasteiger partial charge in [-0.15, -0.1) is 0 Å². The van der Waals surface area contributed by atoms with Crippen molar-refractivity contribution in [2.24, 2.45) is 12.8 Å². The Hall–Kier alpha value is -7.75. The van der Waals surface area contributed by atoms with Gasteiger partial charge in [-0.05, 0) is 88.6 Å². The van der Waals surface area contributed by atoms with Gasteiger partial charge in [0.15, 0.2) is 0 Å². The lowest BCUT2D eigenvalue weighted by atomic mass is 9.98. The topological polar surface area (TPSA) is 253 Å². The number of imidazole rings is 1. The Kier molecular flexibility index (Phi) is 16.1. The highest BCUT2D eigenvalue weighted by molar-refractivity contribution is 6.00. The van der Waals surface area contributed by atoms with Crippen LogP contribution >= 0.6 is 0 Å². The van der Waals surface area contributed by atoms with Crippen LogP contribution in [0.4, 0.5) is 4.79 Å². The van der Waals surface area contributed by atoms with E-state index in [9.17, 15) is 43.2 Å². The number of benzene rings is 3. The molecular formula is C52H61N9O10. The van der Waals surface area contributed by atoms with Crippen molar-refractivity contribution in [2.45, 2.75) is 127 Å². The van der Waals surface area contributed by atoms with Crippen LogP contribution < -0.4 is 32.7 Å². The lowest BCUT2D eigenvalue weighted by Crippen LogP contribution is -2.62. The van der Waals surface area contributed by atoms with Crippen molar-refractivity contribution in [2.75, 3.05) is 13.1 Å². The summed E-state index contributed by atoms with van der Waals surface area (Å²) >= 11 is 0. The Morgan fingerprint density at radius 2 is 1.55 bits per heavy atom. The van der Waals surface area contributed by atoms with Gasteiger partial charge >= 0.3 is 11.8 Å². The number of unbranched alkanes of at least 4 members (excludes halogenated alkanes) is 1. The van der Waals surface area contributed by atoms with Gasteiger partial charge in [0.05, 0.1) is 23.6 Å². The number of rotatable bonds is 14. The Balaban J connectivity index is 1.02. The standard InChI is InChI=1S/C52H61N9O10/c1-52(2,3)71-50(69)55-37-31-59(44(64)19-13-5-8-14-32-20-23-38-41(30-32)58(4)51(70)61(38)40-25-27-43(63)56-48(40)67)29-28-35-21-24-39(60(35)49(37)68)47(66)54-36(22-26-42(53)62)46(65)57-45(33-15-9-6-10-16-33)34-17-11-7-12-18-34/h6-7,9-12,15-18,20,23,30,35-37,39-40,45H,5,13,19,21-22,24-29,31H2,1-4H3,(H2,53,62)(H,54,66)(H,55,69)(H,57,65)(H,56,63,67)/t35-,36+,37+,39+,40?/m1/s1. The van der Waals surface area contributed by atoms with Crippen molar-refractivity contribution in [3.63, 3.8) is 0 Å². The Morgan fingerprint density at radius 3 is 2.20 bits per heavy atom. The van der Waals surface area contributed by atoms with Gasteiger partial charge in [-0.2, -0.15) is 0 Å². The lowest BCUT2D eigenvalue weighted by molar-refractivity contribution is -0.146. The zero-order valence-corrected chi connectivity index (χ0v) is 40.4. The number of amides is 8. The van der Waals surface area contributed by atoms with Gasteiger partial charge in [-0.25, -0.2) is 9.59 Å². The molecule has 3 aliphatic rings. The van der Waals surface area contributed by atoms with Crippen LogP contribution in [0, 0.1) is 11.8 Å². The maximum Gasteiger partial charge on any atom is 0.408 e. The van der Waals surface area contributed by atoms with E-state index in [0.29, 0.717) is 42.3 Å². The molecule has 1 aromatic heterocycles. The number of primary amides is 1. The molecule has 7 rings (SSSR count). The summed E-state index contributed by atoms with van der Waals surface area (Å²) < 4.78 is 8.35. The smallest absolute Gasteiger partial charge is 0.408 e. The number of carbonyl (C=O) groups excluding carboxylic acids is 8. The molecule has 4 heterocycles. The van der Waals surface area contributed by atoms with Gasteiger partial charge in [0.25, 0.3) is 0 Å². The van der Waals surface area contributed by atoms with Gasteiger partial charge in [0.2, 0.25) is 41.4 Å². The van der Waals surface area contributed by atoms with Crippen LogP contribution in [0.3, 0.4) is 0 Å². The minimum absolute atomic E-state index is 0.0912. The molecule has 6 N–H and O–H groups in total. The molecule has 71 heavy (non-hydrogen) atoms. The van der Waals surface area contributed by atoms with E-state index in [4.69, 9.17) is 10.5 Å². The molecule has 0 bridgehead atoms. The van der Waals surface area contributed by atoms with E-state index < -0.39 is 77.5 Å². The van der Waals surface area contributed by atoms with Crippen LogP contribution in [-0.4, -0.2) is 109 Å². The SMILES string of the molecule is Cn1c(=O)n(C2CCC(=O)NC2=O)c2ccc(C#CCCCC(=O)N3CC[C@H]4CC[C@@H](C(=O)N[C@@H](CCC(N)=O)C(=O)NC(c5ccccc5)c5ccccc5)N4C(=O)[C@@H](NC(=O)OC(C)(C)C)C3)cc21. The molecule has 19 nitrogen and oxygen atoms in total. The molecule has 19 heteroatoms. The molecule has 0 aliphatic carbocycles. The zero-order chi connectivity index (χ0) is 51.0. The molecule has 0 spiro atoms. The second-order valence-electron chi connectivity index (χ2n) is 19.2. The van der Waals surface area contributed by atoms with Crippen LogP contribution in [0.5, 0.6) is 0 Å². The van der Waals surface area contributed by atoms with E-state index in [2.05, 4.69) is 33.1 Å². The summed E-state index contributed by atoms with van der Waals surface area (Å²) in [6, 6.07) is 18.4. The molecule has 5 atom stereocenters. The summed E-state index contributed by atoms with van der Waals surface area (Å²) in [7, 11) is 1.60.